The van der Waals surface area contributed by atoms with Crippen LogP contribution in [0.1, 0.15) is 64.5 Å². The zero-order valence-electron chi connectivity index (χ0n) is 20.1. The summed E-state index contributed by atoms with van der Waals surface area (Å²) in [6.07, 6.45) is 9.38. The largest absolute Gasteiger partial charge is 0.481 e. The number of rotatable bonds is 8. The van der Waals surface area contributed by atoms with Gasteiger partial charge < -0.3 is 10.0 Å². The zero-order valence-corrected chi connectivity index (χ0v) is 20.1. The van der Waals surface area contributed by atoms with Crippen LogP contribution in [-0.4, -0.2) is 23.3 Å². The Bertz CT molecular complexity index is 1140. The van der Waals surface area contributed by atoms with Crippen molar-refractivity contribution in [3.05, 3.63) is 83.6 Å². The molecule has 0 spiro atoms. The molecule has 4 heteroatoms. The minimum Gasteiger partial charge on any atom is -0.481 e. The number of hydrogen-bond donors (Lipinski definition) is 1. The molecular formula is C29H34N2O2. The van der Waals surface area contributed by atoms with Gasteiger partial charge in [0, 0.05) is 35.2 Å². The van der Waals surface area contributed by atoms with E-state index < -0.39 is 5.97 Å². The summed E-state index contributed by atoms with van der Waals surface area (Å²) in [5.74, 6) is -0.715. The van der Waals surface area contributed by atoms with Gasteiger partial charge in [-0.1, -0.05) is 76.6 Å². The Morgan fingerprint density at radius 1 is 0.939 bits per heavy atom. The lowest BCUT2D eigenvalue weighted by Crippen LogP contribution is -2.27. The monoisotopic (exact) mass is 442 g/mol. The molecule has 4 rings (SSSR count). The van der Waals surface area contributed by atoms with Gasteiger partial charge in [0.2, 0.25) is 0 Å². The first-order valence-electron chi connectivity index (χ1n) is 11.9. The summed E-state index contributed by atoms with van der Waals surface area (Å²) in [7, 11) is 0. The smallest absolute Gasteiger partial charge is 0.303 e. The summed E-state index contributed by atoms with van der Waals surface area (Å²) < 4.78 is 0. The number of carboxylic acids is 1. The molecule has 2 aromatic rings. The molecule has 0 amide bonds. The maximum absolute atomic E-state index is 10.8. The van der Waals surface area contributed by atoms with Gasteiger partial charge in [-0.25, -0.2) is 0 Å². The van der Waals surface area contributed by atoms with Gasteiger partial charge in [-0.05, 0) is 48.3 Å². The van der Waals surface area contributed by atoms with Gasteiger partial charge in [0.1, 0.15) is 0 Å². The van der Waals surface area contributed by atoms with Crippen molar-refractivity contribution in [3.8, 4) is 0 Å². The van der Waals surface area contributed by atoms with E-state index in [9.17, 15) is 4.79 Å². The number of unbranched alkanes of at least 4 members (excludes halogenated alkanes) is 2. The first-order valence-corrected chi connectivity index (χ1v) is 11.9. The number of benzene rings is 2. The summed E-state index contributed by atoms with van der Waals surface area (Å²) in [4.78, 5) is 18.1. The number of anilines is 1. The summed E-state index contributed by atoms with van der Waals surface area (Å²) in [5.41, 5.74) is 7.07. The van der Waals surface area contributed by atoms with Crippen molar-refractivity contribution >= 4 is 23.1 Å². The maximum atomic E-state index is 10.8. The molecule has 33 heavy (non-hydrogen) atoms. The van der Waals surface area contributed by atoms with Crippen LogP contribution in [0.3, 0.4) is 0 Å². The number of aliphatic carboxylic acids is 1. The van der Waals surface area contributed by atoms with Gasteiger partial charge in [0.15, 0.2) is 0 Å². The standard InChI is InChI=1S/C29H34N2O2/c1-28(2)21-13-7-9-15-23(21)30-25(28)17-12-18-26-29(3,4)22-14-8-10-16-24(22)31(26)20-11-5-6-19-27(32)33/h7-10,12-18H,5-6,11,19-20H2,1-4H3,(H,32,33)/b17-12+,26-18+. The van der Waals surface area contributed by atoms with Crippen molar-refractivity contribution < 1.29 is 9.90 Å². The second kappa shape index (κ2) is 9.01. The number of nitrogens with zero attached hydrogens (tertiary/aromatic N) is 2. The summed E-state index contributed by atoms with van der Waals surface area (Å²) in [5, 5.41) is 8.91. The topological polar surface area (TPSA) is 52.9 Å². The molecule has 2 aliphatic rings. The van der Waals surface area contributed by atoms with E-state index in [0.717, 1.165) is 37.2 Å². The molecule has 2 aromatic carbocycles. The van der Waals surface area contributed by atoms with E-state index in [2.05, 4.69) is 93.3 Å². The molecule has 0 fully saturated rings. The molecule has 0 bridgehead atoms. The Morgan fingerprint density at radius 3 is 2.36 bits per heavy atom. The van der Waals surface area contributed by atoms with Crippen LogP contribution < -0.4 is 4.90 Å². The lowest BCUT2D eigenvalue weighted by Gasteiger charge is -2.27. The van der Waals surface area contributed by atoms with Gasteiger partial charge in [-0.3, -0.25) is 9.79 Å². The zero-order chi connectivity index (χ0) is 23.6. The van der Waals surface area contributed by atoms with Gasteiger partial charge >= 0.3 is 5.97 Å². The van der Waals surface area contributed by atoms with Gasteiger partial charge in [0.05, 0.1) is 11.4 Å². The average Bonchev–Trinajstić information content (AvgIpc) is 3.16. The van der Waals surface area contributed by atoms with E-state index >= 15 is 0 Å². The summed E-state index contributed by atoms with van der Waals surface area (Å²) in [6.45, 7) is 9.91. The molecule has 0 atom stereocenters. The molecule has 0 aliphatic carbocycles. The fourth-order valence-electron chi connectivity index (χ4n) is 5.09. The van der Waals surface area contributed by atoms with Crippen molar-refractivity contribution in [2.75, 3.05) is 11.4 Å². The quantitative estimate of drug-likeness (QED) is 0.451. The van der Waals surface area contributed by atoms with E-state index in [1.165, 1.54) is 22.5 Å². The van der Waals surface area contributed by atoms with Crippen LogP contribution in [0.4, 0.5) is 11.4 Å². The molecule has 0 unspecified atom stereocenters. The Balaban J connectivity index is 1.57. The Hall–Kier alpha value is -3.14. The number of fused-ring (bicyclic) bond motifs is 2. The van der Waals surface area contributed by atoms with Crippen LogP contribution in [0.25, 0.3) is 0 Å². The SMILES string of the molecule is CC1(C)C(/C=C/C=C2/N(CCCCCC(=O)O)c3ccccc3C2(C)C)=Nc2ccccc21. The number of aliphatic imine (C=N–C) groups is 1. The highest BCUT2D eigenvalue weighted by atomic mass is 16.4. The Kier molecular flexibility index (Phi) is 6.29. The van der Waals surface area contributed by atoms with Crippen molar-refractivity contribution in [2.24, 2.45) is 4.99 Å². The number of allylic oxidation sites excluding steroid dienone is 4. The molecule has 0 saturated carbocycles. The highest BCUT2D eigenvalue weighted by molar-refractivity contribution is 6.08. The van der Waals surface area contributed by atoms with Crippen LogP contribution in [-0.2, 0) is 15.6 Å². The normalized spacial score (nSPS) is 19.1. The third-order valence-corrected chi connectivity index (χ3v) is 7.04. The average molecular weight is 443 g/mol. The minimum atomic E-state index is -0.715. The van der Waals surface area contributed by atoms with Crippen LogP contribution in [0.2, 0.25) is 0 Å². The molecule has 2 heterocycles. The fourth-order valence-corrected chi connectivity index (χ4v) is 5.09. The van der Waals surface area contributed by atoms with Crippen molar-refractivity contribution in [1.29, 1.82) is 0 Å². The van der Waals surface area contributed by atoms with E-state index in [4.69, 9.17) is 10.1 Å². The first-order chi connectivity index (χ1) is 15.7. The van der Waals surface area contributed by atoms with E-state index in [0.29, 0.717) is 0 Å². The third kappa shape index (κ3) is 4.39. The number of para-hydroxylation sites is 2. The van der Waals surface area contributed by atoms with Crippen molar-refractivity contribution in [3.63, 3.8) is 0 Å². The molecule has 4 nitrogen and oxygen atoms in total. The number of carboxylic acid groups (broad SMARTS) is 1. The summed E-state index contributed by atoms with van der Waals surface area (Å²) in [6, 6.07) is 17.0. The number of carbonyl (C=O) groups is 1. The second-order valence-electron chi connectivity index (χ2n) is 10.0. The first kappa shape index (κ1) is 23.0. The number of hydrogen-bond acceptors (Lipinski definition) is 3. The van der Waals surface area contributed by atoms with E-state index in [1.807, 2.05) is 6.07 Å². The molecule has 0 aromatic heterocycles. The fraction of sp³-hybridized carbons (Fsp3) is 0.379. The van der Waals surface area contributed by atoms with Gasteiger partial charge in [0.25, 0.3) is 0 Å². The minimum absolute atomic E-state index is 0.0992. The highest BCUT2D eigenvalue weighted by Crippen LogP contribution is 2.47. The predicted octanol–water partition coefficient (Wildman–Crippen LogP) is 6.93. The van der Waals surface area contributed by atoms with E-state index in [-0.39, 0.29) is 17.3 Å². The molecule has 0 saturated heterocycles. The molecule has 1 N–H and O–H groups in total. The van der Waals surface area contributed by atoms with Crippen LogP contribution in [0, 0.1) is 0 Å². The van der Waals surface area contributed by atoms with Gasteiger partial charge in [-0.2, -0.15) is 0 Å². The highest BCUT2D eigenvalue weighted by Gasteiger charge is 2.39. The molecular weight excluding hydrogens is 408 g/mol. The van der Waals surface area contributed by atoms with Crippen molar-refractivity contribution in [2.45, 2.75) is 64.2 Å². The van der Waals surface area contributed by atoms with Crippen LogP contribution >= 0.6 is 0 Å². The lowest BCUT2D eigenvalue weighted by atomic mass is 9.81. The van der Waals surface area contributed by atoms with Crippen molar-refractivity contribution in [1.82, 2.24) is 0 Å². The van der Waals surface area contributed by atoms with Crippen LogP contribution in [0.5, 0.6) is 0 Å². The lowest BCUT2D eigenvalue weighted by molar-refractivity contribution is -0.137. The predicted molar refractivity (Wildman–Crippen MR) is 137 cm³/mol. The summed E-state index contributed by atoms with van der Waals surface area (Å²) >= 11 is 0. The molecule has 172 valence electrons. The second-order valence-corrected chi connectivity index (χ2v) is 10.0. The van der Waals surface area contributed by atoms with E-state index in [1.54, 1.807) is 0 Å². The molecule has 2 aliphatic heterocycles. The third-order valence-electron chi connectivity index (χ3n) is 7.04. The Labute approximate surface area is 197 Å². The Morgan fingerprint density at radius 2 is 1.64 bits per heavy atom. The maximum Gasteiger partial charge on any atom is 0.303 e. The van der Waals surface area contributed by atoms with Gasteiger partial charge in [-0.15, -0.1) is 0 Å². The molecule has 0 radical (unpaired) electrons. The van der Waals surface area contributed by atoms with Crippen LogP contribution in [0.15, 0.2) is 77.4 Å².